The molecule has 1 aromatic heterocycles. The molecule has 1 aliphatic carbocycles. The Morgan fingerprint density at radius 3 is 2.67 bits per heavy atom. The summed E-state index contributed by atoms with van der Waals surface area (Å²) in [5.41, 5.74) is 0.677. The van der Waals surface area contributed by atoms with Crippen molar-refractivity contribution in [3.05, 3.63) is 48.0 Å². The van der Waals surface area contributed by atoms with Crippen LogP contribution in [-0.2, 0) is 11.8 Å². The summed E-state index contributed by atoms with van der Waals surface area (Å²) in [5.74, 6) is -0.384. The number of aromatic nitrogens is 2. The molecule has 1 atom stereocenters. The number of imidazole rings is 1. The third-order valence-corrected chi connectivity index (χ3v) is 6.41. The summed E-state index contributed by atoms with van der Waals surface area (Å²) in [6.07, 6.45) is 7.79. The number of hydrogen-bond donors (Lipinski definition) is 1. The molecule has 1 saturated carbocycles. The van der Waals surface area contributed by atoms with Crippen LogP contribution in [0.4, 0.5) is 4.39 Å². The summed E-state index contributed by atoms with van der Waals surface area (Å²) in [6.45, 7) is 0. The first-order valence-electron chi connectivity index (χ1n) is 9.30. The Morgan fingerprint density at radius 2 is 2.07 bits per heavy atom. The highest BCUT2D eigenvalue weighted by atomic mass is 32.2. The molecule has 27 heavy (non-hydrogen) atoms. The average Bonchev–Trinajstić information content (AvgIpc) is 3.01. The Hall–Kier alpha value is -1.86. The molecule has 0 aliphatic heterocycles. The smallest absolute Gasteiger partial charge is 0.242 e. The van der Waals surface area contributed by atoms with Gasteiger partial charge in [-0.3, -0.25) is 9.69 Å². The standard InChI is InChI=1S/C20H27FN4OS/c1-24(2)18(14-5-4-6-15(21)13-14)19(26)23-16-7-9-17(10-8-16)27-20-22-11-12-25(20)3/h4-6,11-13,16-18H,7-10H2,1-3H3,(H,23,26). The van der Waals surface area contributed by atoms with Crippen LogP contribution in [0.25, 0.3) is 0 Å². The fraction of sp³-hybridized carbons (Fsp3) is 0.500. The fourth-order valence-electron chi connectivity index (χ4n) is 3.58. The van der Waals surface area contributed by atoms with E-state index >= 15 is 0 Å². The van der Waals surface area contributed by atoms with E-state index in [2.05, 4.69) is 10.3 Å². The molecule has 1 heterocycles. The van der Waals surface area contributed by atoms with Gasteiger partial charge in [-0.1, -0.05) is 23.9 Å². The van der Waals surface area contributed by atoms with E-state index in [0.717, 1.165) is 30.8 Å². The lowest BCUT2D eigenvalue weighted by atomic mass is 9.94. The number of thioether (sulfide) groups is 1. The zero-order chi connectivity index (χ0) is 19.4. The summed E-state index contributed by atoms with van der Waals surface area (Å²) in [7, 11) is 5.69. The second-order valence-electron chi connectivity index (χ2n) is 7.34. The topological polar surface area (TPSA) is 50.2 Å². The minimum absolute atomic E-state index is 0.0641. The first-order valence-corrected chi connectivity index (χ1v) is 10.2. The van der Waals surface area contributed by atoms with Crippen molar-refractivity contribution in [3.63, 3.8) is 0 Å². The largest absolute Gasteiger partial charge is 0.352 e. The molecule has 1 aromatic carbocycles. The van der Waals surface area contributed by atoms with Crippen molar-refractivity contribution >= 4 is 17.7 Å². The summed E-state index contributed by atoms with van der Waals surface area (Å²) in [6, 6.07) is 5.97. The fourth-order valence-corrected chi connectivity index (χ4v) is 4.74. The monoisotopic (exact) mass is 390 g/mol. The van der Waals surface area contributed by atoms with Gasteiger partial charge in [0.05, 0.1) is 0 Å². The highest BCUT2D eigenvalue weighted by Gasteiger charge is 2.28. The number of likely N-dealkylation sites (N-methyl/N-ethyl adjacent to an activating group) is 1. The Balaban J connectivity index is 1.55. The zero-order valence-corrected chi connectivity index (χ0v) is 16.9. The Bertz CT molecular complexity index is 771. The number of carbonyl (C=O) groups is 1. The quantitative estimate of drug-likeness (QED) is 0.822. The number of amides is 1. The molecule has 1 aliphatic rings. The van der Waals surface area contributed by atoms with E-state index in [1.165, 1.54) is 12.1 Å². The van der Waals surface area contributed by atoms with Crippen molar-refractivity contribution in [1.29, 1.82) is 0 Å². The number of rotatable bonds is 6. The molecule has 1 amide bonds. The molecule has 2 aromatic rings. The Morgan fingerprint density at radius 1 is 1.33 bits per heavy atom. The summed E-state index contributed by atoms with van der Waals surface area (Å²) in [4.78, 5) is 19.1. The number of carbonyl (C=O) groups excluding carboxylic acids is 1. The number of halogens is 1. The van der Waals surface area contributed by atoms with Crippen molar-refractivity contribution in [1.82, 2.24) is 19.8 Å². The van der Waals surface area contributed by atoms with Crippen LogP contribution >= 0.6 is 11.8 Å². The van der Waals surface area contributed by atoms with Crippen LogP contribution in [0.3, 0.4) is 0 Å². The molecule has 5 nitrogen and oxygen atoms in total. The van der Waals surface area contributed by atoms with E-state index in [4.69, 9.17) is 0 Å². The van der Waals surface area contributed by atoms with Gasteiger partial charge in [0.15, 0.2) is 5.16 Å². The van der Waals surface area contributed by atoms with Gasteiger partial charge in [0.25, 0.3) is 0 Å². The molecule has 3 rings (SSSR count). The number of nitrogens with zero attached hydrogens (tertiary/aromatic N) is 3. The minimum atomic E-state index is -0.486. The summed E-state index contributed by atoms with van der Waals surface area (Å²) in [5, 5.41) is 4.75. The predicted octanol–water partition coefficient (Wildman–Crippen LogP) is 3.38. The molecule has 1 unspecified atom stereocenters. The highest BCUT2D eigenvalue weighted by Crippen LogP contribution is 2.33. The van der Waals surface area contributed by atoms with Gasteiger partial charge >= 0.3 is 0 Å². The number of nitrogens with one attached hydrogen (secondary N) is 1. The Labute approximate surface area is 164 Å². The third-order valence-electron chi connectivity index (χ3n) is 5.00. The van der Waals surface area contributed by atoms with Crippen LogP contribution in [0, 0.1) is 5.82 Å². The second-order valence-corrected chi connectivity index (χ2v) is 8.61. The van der Waals surface area contributed by atoms with Crippen molar-refractivity contribution in [2.75, 3.05) is 14.1 Å². The molecule has 1 N–H and O–H groups in total. The first-order chi connectivity index (χ1) is 12.9. The number of aryl methyl sites for hydroxylation is 1. The molecular formula is C20H27FN4OS. The van der Waals surface area contributed by atoms with E-state index < -0.39 is 6.04 Å². The van der Waals surface area contributed by atoms with Crippen LogP contribution in [0.5, 0.6) is 0 Å². The molecule has 0 bridgehead atoms. The molecule has 0 saturated heterocycles. The SMILES string of the molecule is CN(C)C(C(=O)NC1CCC(Sc2nccn2C)CC1)c1cccc(F)c1. The van der Waals surface area contributed by atoms with Gasteiger partial charge in [-0.25, -0.2) is 9.37 Å². The average molecular weight is 391 g/mol. The van der Waals surface area contributed by atoms with Gasteiger partial charge in [-0.05, 0) is 57.5 Å². The maximum absolute atomic E-state index is 13.6. The van der Waals surface area contributed by atoms with Gasteiger partial charge in [-0.2, -0.15) is 0 Å². The molecular weight excluding hydrogens is 363 g/mol. The van der Waals surface area contributed by atoms with Gasteiger partial charge < -0.3 is 9.88 Å². The molecule has 7 heteroatoms. The van der Waals surface area contributed by atoms with Crippen LogP contribution in [0.2, 0.25) is 0 Å². The highest BCUT2D eigenvalue weighted by molar-refractivity contribution is 7.99. The minimum Gasteiger partial charge on any atom is -0.352 e. The van der Waals surface area contributed by atoms with Crippen LogP contribution in [-0.4, -0.2) is 45.7 Å². The number of benzene rings is 1. The normalized spacial score (nSPS) is 21.2. The summed E-state index contributed by atoms with van der Waals surface area (Å²) < 4.78 is 15.6. The van der Waals surface area contributed by atoms with E-state index in [0.29, 0.717) is 10.8 Å². The first kappa shape index (κ1) is 19.9. The van der Waals surface area contributed by atoms with E-state index in [1.54, 1.807) is 12.1 Å². The van der Waals surface area contributed by atoms with Gasteiger partial charge in [0.2, 0.25) is 5.91 Å². The lowest BCUT2D eigenvalue weighted by Crippen LogP contribution is -2.44. The Kier molecular flexibility index (Phi) is 6.55. The van der Waals surface area contributed by atoms with Crippen LogP contribution in [0.15, 0.2) is 41.8 Å². The molecule has 0 spiro atoms. The van der Waals surface area contributed by atoms with E-state index in [-0.39, 0.29) is 17.8 Å². The molecule has 0 radical (unpaired) electrons. The zero-order valence-electron chi connectivity index (χ0n) is 16.1. The lowest BCUT2D eigenvalue weighted by molar-refractivity contribution is -0.126. The van der Waals surface area contributed by atoms with Crippen LogP contribution in [0.1, 0.15) is 37.3 Å². The van der Waals surface area contributed by atoms with Gasteiger partial charge in [-0.15, -0.1) is 0 Å². The molecule has 146 valence electrons. The maximum atomic E-state index is 13.6. The molecule has 1 fully saturated rings. The van der Waals surface area contributed by atoms with Gasteiger partial charge in [0.1, 0.15) is 11.9 Å². The third kappa shape index (κ3) is 5.11. The second kappa shape index (κ2) is 8.89. The van der Waals surface area contributed by atoms with Crippen molar-refractivity contribution in [2.24, 2.45) is 7.05 Å². The van der Waals surface area contributed by atoms with Crippen LogP contribution < -0.4 is 5.32 Å². The lowest BCUT2D eigenvalue weighted by Gasteiger charge is -2.31. The predicted molar refractivity (Wildman–Crippen MR) is 106 cm³/mol. The van der Waals surface area contributed by atoms with Crippen molar-refractivity contribution < 1.29 is 9.18 Å². The maximum Gasteiger partial charge on any atom is 0.242 e. The van der Waals surface area contributed by atoms with E-state index in [9.17, 15) is 9.18 Å². The number of hydrogen-bond acceptors (Lipinski definition) is 4. The summed E-state index contributed by atoms with van der Waals surface area (Å²) >= 11 is 1.82. The van der Waals surface area contributed by atoms with Crippen molar-refractivity contribution in [3.8, 4) is 0 Å². The van der Waals surface area contributed by atoms with Gasteiger partial charge in [0, 0.05) is 30.7 Å². The van der Waals surface area contributed by atoms with Crippen molar-refractivity contribution in [2.45, 2.75) is 48.2 Å². The van der Waals surface area contributed by atoms with E-state index in [1.807, 2.05) is 54.8 Å².